The minimum Gasteiger partial charge on any atom is -0.474 e. The first kappa shape index (κ1) is 19.8. The van der Waals surface area contributed by atoms with E-state index < -0.39 is 5.91 Å². The first-order valence-corrected chi connectivity index (χ1v) is 10.2. The second-order valence-corrected chi connectivity index (χ2v) is 7.94. The van der Waals surface area contributed by atoms with Crippen molar-refractivity contribution in [2.24, 2.45) is 25.7 Å². The number of carbonyl (C=O) groups excluding carboxylic acids is 1. The summed E-state index contributed by atoms with van der Waals surface area (Å²) in [6.45, 7) is 0. The lowest BCUT2D eigenvalue weighted by Crippen LogP contribution is -2.33. The Hall–Kier alpha value is -4.15. The molecular weight excluding hydrogens is 410 g/mol. The third kappa shape index (κ3) is 3.92. The number of nitrogens with two attached hydrogens (primary N) is 1. The number of rotatable bonds is 7. The number of hydrogen-bond donors (Lipinski definition) is 3. The Balaban J connectivity index is 1.47. The fourth-order valence-corrected chi connectivity index (χ4v) is 3.79. The number of amides is 1. The molecule has 0 unspecified atom stereocenters. The van der Waals surface area contributed by atoms with Gasteiger partial charge in [-0.05, 0) is 24.8 Å². The van der Waals surface area contributed by atoms with Crippen LogP contribution in [0.15, 0.2) is 43.1 Å². The number of H-pyrrole nitrogens is 1. The quantitative estimate of drug-likeness (QED) is 0.379. The number of anilines is 2. The number of hydrogen-bond acceptors (Lipinski definition) is 7. The molecule has 4 heterocycles. The number of nitrogens with zero attached hydrogens (tertiary/aromatic N) is 6. The monoisotopic (exact) mass is 433 g/mol. The zero-order chi connectivity index (χ0) is 22.2. The van der Waals surface area contributed by atoms with Gasteiger partial charge in [-0.15, -0.1) is 0 Å². The van der Waals surface area contributed by atoms with Crippen LogP contribution in [0.5, 0.6) is 5.88 Å². The van der Waals surface area contributed by atoms with Crippen molar-refractivity contribution in [1.82, 2.24) is 34.5 Å². The van der Waals surface area contributed by atoms with E-state index in [-0.39, 0.29) is 12.0 Å². The van der Waals surface area contributed by atoms with Gasteiger partial charge >= 0.3 is 0 Å². The summed E-state index contributed by atoms with van der Waals surface area (Å²) in [6, 6.07) is 0. The Morgan fingerprint density at radius 2 is 2.00 bits per heavy atom. The molecule has 0 spiro atoms. The number of primary amides is 1. The van der Waals surface area contributed by atoms with Crippen LogP contribution in [0.3, 0.4) is 0 Å². The van der Waals surface area contributed by atoms with E-state index in [2.05, 4.69) is 30.5 Å². The molecule has 0 atom stereocenters. The molecule has 11 nitrogen and oxygen atoms in total. The fourth-order valence-electron chi connectivity index (χ4n) is 3.79. The topological polar surface area (TPSA) is 142 Å². The van der Waals surface area contributed by atoms with E-state index in [4.69, 9.17) is 10.5 Å². The molecule has 164 valence electrons. The van der Waals surface area contributed by atoms with Crippen LogP contribution >= 0.6 is 0 Å². The average molecular weight is 433 g/mol. The van der Waals surface area contributed by atoms with E-state index in [1.54, 1.807) is 21.8 Å². The SMILES string of the molecule is Cn1cc(Nc2nc(O[C@H]3C[C@H](C=CC(N)=O)C3)c3c(-c4cnn(C)c4)c[nH]c3n2)cn1. The molecule has 11 heteroatoms. The van der Waals surface area contributed by atoms with E-state index >= 15 is 0 Å². The molecule has 0 aromatic carbocycles. The van der Waals surface area contributed by atoms with Gasteiger partial charge in [-0.2, -0.15) is 20.2 Å². The lowest BCUT2D eigenvalue weighted by Gasteiger charge is -2.33. The zero-order valence-electron chi connectivity index (χ0n) is 17.7. The number of nitrogens with one attached hydrogen (secondary N) is 2. The molecule has 4 N–H and O–H groups in total. The van der Waals surface area contributed by atoms with E-state index in [1.807, 2.05) is 38.8 Å². The summed E-state index contributed by atoms with van der Waals surface area (Å²) in [7, 11) is 3.71. The van der Waals surface area contributed by atoms with E-state index in [9.17, 15) is 4.79 Å². The number of ether oxygens (including phenoxy) is 1. The van der Waals surface area contributed by atoms with Crippen LogP contribution in [0, 0.1) is 5.92 Å². The maximum atomic E-state index is 11.0. The molecule has 4 aromatic heterocycles. The highest BCUT2D eigenvalue weighted by Crippen LogP contribution is 2.38. The standard InChI is InChI=1S/C21H23N9O2/c1-29-10-13(7-24-29)16-9-23-19-18(16)20(32-15-5-12(6-15)3-4-17(22)31)28-21(27-19)26-14-8-25-30(2)11-14/h3-4,7-12,15H,5-6H2,1-2H3,(H2,22,31)(H2,23,26,27,28)/t12-,15-. The summed E-state index contributed by atoms with van der Waals surface area (Å²) >= 11 is 0. The van der Waals surface area contributed by atoms with Gasteiger partial charge in [0.25, 0.3) is 0 Å². The summed E-state index contributed by atoms with van der Waals surface area (Å²) in [5, 5.41) is 12.4. The molecule has 1 saturated carbocycles. The number of fused-ring (bicyclic) bond motifs is 1. The van der Waals surface area contributed by atoms with Gasteiger partial charge in [-0.3, -0.25) is 14.2 Å². The van der Waals surface area contributed by atoms with Crippen LogP contribution in [0.25, 0.3) is 22.2 Å². The predicted molar refractivity (Wildman–Crippen MR) is 118 cm³/mol. The van der Waals surface area contributed by atoms with Crippen LogP contribution in [-0.4, -0.2) is 46.5 Å². The van der Waals surface area contributed by atoms with Crippen LogP contribution in [0.2, 0.25) is 0 Å². The summed E-state index contributed by atoms with van der Waals surface area (Å²) < 4.78 is 9.74. The van der Waals surface area contributed by atoms with E-state index in [0.29, 0.717) is 17.5 Å². The largest absolute Gasteiger partial charge is 0.474 e. The molecule has 0 radical (unpaired) electrons. The van der Waals surface area contributed by atoms with Crippen molar-refractivity contribution < 1.29 is 9.53 Å². The smallest absolute Gasteiger partial charge is 0.241 e. The lowest BCUT2D eigenvalue weighted by molar-refractivity contribution is -0.113. The molecule has 0 aliphatic heterocycles. The third-order valence-electron chi connectivity index (χ3n) is 5.42. The molecule has 1 fully saturated rings. The van der Waals surface area contributed by atoms with Gasteiger partial charge in [0, 0.05) is 43.8 Å². The van der Waals surface area contributed by atoms with Crippen molar-refractivity contribution in [3.8, 4) is 17.0 Å². The third-order valence-corrected chi connectivity index (χ3v) is 5.42. The maximum Gasteiger partial charge on any atom is 0.241 e. The van der Waals surface area contributed by atoms with Crippen molar-refractivity contribution in [1.29, 1.82) is 0 Å². The Bertz CT molecular complexity index is 1310. The van der Waals surface area contributed by atoms with Gasteiger partial charge < -0.3 is 20.8 Å². The van der Waals surface area contributed by atoms with E-state index in [0.717, 1.165) is 35.0 Å². The van der Waals surface area contributed by atoms with Gasteiger partial charge in [0.1, 0.15) is 11.8 Å². The number of carbonyl (C=O) groups is 1. The van der Waals surface area contributed by atoms with Gasteiger partial charge in [0.05, 0.1) is 23.5 Å². The van der Waals surface area contributed by atoms with Crippen LogP contribution in [0.4, 0.5) is 11.6 Å². The molecular formula is C21H23N9O2. The lowest BCUT2D eigenvalue weighted by atomic mass is 9.82. The molecule has 1 aliphatic carbocycles. The molecule has 4 aromatic rings. The highest BCUT2D eigenvalue weighted by molar-refractivity contribution is 5.97. The average Bonchev–Trinajstić information content (AvgIpc) is 3.43. The molecule has 32 heavy (non-hydrogen) atoms. The Kier molecular flexibility index (Phi) is 4.85. The van der Waals surface area contributed by atoms with Crippen molar-refractivity contribution in [3.63, 3.8) is 0 Å². The van der Waals surface area contributed by atoms with Gasteiger partial charge in [0.2, 0.25) is 17.7 Å². The minimum absolute atomic E-state index is 0.0153. The Labute approximate surface area is 183 Å². The normalized spacial score (nSPS) is 18.2. The first-order valence-electron chi connectivity index (χ1n) is 10.2. The van der Waals surface area contributed by atoms with Crippen molar-refractivity contribution in [2.75, 3.05) is 5.32 Å². The predicted octanol–water partition coefficient (Wildman–Crippen LogP) is 2.03. The highest BCUT2D eigenvalue weighted by Gasteiger charge is 2.31. The molecule has 1 aliphatic rings. The second-order valence-electron chi connectivity index (χ2n) is 7.94. The first-order chi connectivity index (χ1) is 15.4. The summed E-state index contributed by atoms with van der Waals surface area (Å²) in [5.41, 5.74) is 8.48. The van der Waals surface area contributed by atoms with Crippen LogP contribution < -0.4 is 15.8 Å². The fraction of sp³-hybridized carbons (Fsp3) is 0.286. The number of aromatic amines is 1. The zero-order valence-corrected chi connectivity index (χ0v) is 17.7. The number of aryl methyl sites for hydroxylation is 2. The minimum atomic E-state index is -0.438. The molecule has 0 saturated heterocycles. The second kappa shape index (κ2) is 7.84. The van der Waals surface area contributed by atoms with Gasteiger partial charge in [-0.1, -0.05) is 6.08 Å². The highest BCUT2D eigenvalue weighted by atomic mass is 16.5. The molecule has 0 bridgehead atoms. The van der Waals surface area contributed by atoms with Crippen molar-refractivity contribution >= 4 is 28.6 Å². The summed E-state index contributed by atoms with van der Waals surface area (Å²) in [4.78, 5) is 23.5. The Morgan fingerprint density at radius 1 is 1.22 bits per heavy atom. The number of allylic oxidation sites excluding steroid dienone is 1. The summed E-state index contributed by atoms with van der Waals surface area (Å²) in [6.07, 6.45) is 14.0. The van der Waals surface area contributed by atoms with Crippen molar-refractivity contribution in [2.45, 2.75) is 18.9 Å². The molecule has 1 amide bonds. The van der Waals surface area contributed by atoms with Gasteiger partial charge in [-0.25, -0.2) is 0 Å². The maximum absolute atomic E-state index is 11.0. The van der Waals surface area contributed by atoms with Crippen LogP contribution in [-0.2, 0) is 18.9 Å². The Morgan fingerprint density at radius 3 is 2.69 bits per heavy atom. The summed E-state index contributed by atoms with van der Waals surface area (Å²) in [5.74, 6) is 0.724. The van der Waals surface area contributed by atoms with Gasteiger partial charge in [0.15, 0.2) is 0 Å². The van der Waals surface area contributed by atoms with E-state index in [1.165, 1.54) is 6.08 Å². The number of aromatic nitrogens is 7. The van der Waals surface area contributed by atoms with Crippen molar-refractivity contribution in [3.05, 3.63) is 43.1 Å². The van der Waals surface area contributed by atoms with Crippen LogP contribution in [0.1, 0.15) is 12.8 Å². The molecule has 5 rings (SSSR count).